The molecule has 1 saturated heterocycles. The molecule has 5 N–H and O–H groups in total. The fraction of sp³-hybridized carbons (Fsp3) is 0.424. The normalized spacial score (nSPS) is 22.0. The van der Waals surface area contributed by atoms with Crippen molar-refractivity contribution in [1.29, 1.82) is 0 Å². The van der Waals surface area contributed by atoms with Gasteiger partial charge in [-0.05, 0) is 61.1 Å². The summed E-state index contributed by atoms with van der Waals surface area (Å²) in [4.78, 5) is 42.0. The van der Waals surface area contributed by atoms with Gasteiger partial charge in [0, 0.05) is 47.0 Å². The summed E-state index contributed by atoms with van der Waals surface area (Å²) in [6, 6.07) is 12.8. The number of amides is 1. The van der Waals surface area contributed by atoms with Crippen molar-refractivity contribution in [1.82, 2.24) is 15.5 Å². The second kappa shape index (κ2) is 14.8. The van der Waals surface area contributed by atoms with E-state index in [2.05, 4.69) is 10.6 Å². The van der Waals surface area contributed by atoms with Crippen molar-refractivity contribution in [3.05, 3.63) is 86.7 Å². The zero-order chi connectivity index (χ0) is 33.0. The van der Waals surface area contributed by atoms with Crippen molar-refractivity contribution in [2.75, 3.05) is 25.4 Å². The SMILES string of the molecule is O=C(O)C1=C(CC(=O)N2CCNCC2CCC2(O)CCCC2)NC(C[S+]([O-])c2ccccc2)=C(C(=O)O)C1c1c(Cl)cccc1Cl. The topological polar surface area (TPSA) is 162 Å². The minimum absolute atomic E-state index is 0.00351. The maximum absolute atomic E-state index is 14.0. The Morgan fingerprint density at radius 1 is 0.957 bits per heavy atom. The molecule has 0 bridgehead atoms. The molecule has 1 aliphatic carbocycles. The molecule has 1 amide bonds. The number of carboxylic acid groups (broad SMARTS) is 2. The summed E-state index contributed by atoms with van der Waals surface area (Å²) >= 11 is 11.4. The van der Waals surface area contributed by atoms with Gasteiger partial charge in [0.1, 0.15) is 0 Å². The largest absolute Gasteiger partial charge is 0.611 e. The molecule has 246 valence electrons. The number of carbonyl (C=O) groups excluding carboxylic acids is 1. The Morgan fingerprint density at radius 2 is 1.59 bits per heavy atom. The minimum Gasteiger partial charge on any atom is -0.611 e. The number of nitrogens with zero attached hydrogens (tertiary/aromatic N) is 1. The minimum atomic E-state index is -1.71. The molecule has 5 rings (SSSR count). The number of aliphatic carboxylic acids is 2. The van der Waals surface area contributed by atoms with E-state index in [1.54, 1.807) is 41.3 Å². The van der Waals surface area contributed by atoms with Crippen LogP contribution < -0.4 is 10.6 Å². The highest BCUT2D eigenvalue weighted by Crippen LogP contribution is 2.45. The van der Waals surface area contributed by atoms with Crippen LogP contribution in [0.4, 0.5) is 0 Å². The van der Waals surface area contributed by atoms with Crippen molar-refractivity contribution in [2.24, 2.45) is 0 Å². The number of dihydropyridines is 1. The van der Waals surface area contributed by atoms with Gasteiger partial charge in [-0.3, -0.25) is 4.79 Å². The maximum atomic E-state index is 14.0. The molecule has 0 radical (unpaired) electrons. The van der Waals surface area contributed by atoms with Gasteiger partial charge in [0.15, 0.2) is 10.6 Å². The van der Waals surface area contributed by atoms with Crippen LogP contribution in [0.2, 0.25) is 10.0 Å². The predicted molar refractivity (Wildman–Crippen MR) is 175 cm³/mol. The fourth-order valence-corrected chi connectivity index (χ4v) is 8.48. The monoisotopic (exact) mass is 689 g/mol. The molecule has 46 heavy (non-hydrogen) atoms. The second-order valence-corrected chi connectivity index (χ2v) is 14.2. The summed E-state index contributed by atoms with van der Waals surface area (Å²) in [5.41, 5.74) is -1.42. The molecule has 2 heterocycles. The van der Waals surface area contributed by atoms with Gasteiger partial charge in [0.05, 0.1) is 34.8 Å². The van der Waals surface area contributed by atoms with Crippen molar-refractivity contribution >= 4 is 52.2 Å². The third-order valence-electron chi connectivity index (χ3n) is 9.04. The lowest BCUT2D eigenvalue weighted by Gasteiger charge is -2.38. The lowest BCUT2D eigenvalue weighted by Crippen LogP contribution is -2.54. The summed E-state index contributed by atoms with van der Waals surface area (Å²) in [5, 5.41) is 38.3. The second-order valence-electron chi connectivity index (χ2n) is 12.0. The number of rotatable bonds is 11. The fourth-order valence-electron chi connectivity index (χ4n) is 6.75. The number of carboxylic acids is 2. The van der Waals surface area contributed by atoms with Crippen LogP contribution in [0.3, 0.4) is 0 Å². The van der Waals surface area contributed by atoms with Gasteiger partial charge in [0.2, 0.25) is 5.91 Å². The van der Waals surface area contributed by atoms with Gasteiger partial charge in [-0.1, -0.05) is 60.3 Å². The van der Waals surface area contributed by atoms with Gasteiger partial charge >= 0.3 is 11.9 Å². The van der Waals surface area contributed by atoms with E-state index in [1.165, 1.54) is 12.1 Å². The molecule has 2 aromatic rings. The average molecular weight is 691 g/mol. The molecule has 13 heteroatoms. The molecule has 10 nitrogen and oxygen atoms in total. The van der Waals surface area contributed by atoms with Crippen LogP contribution in [-0.4, -0.2) is 79.6 Å². The molecular formula is C33H37Cl2N3O7S. The lowest BCUT2D eigenvalue weighted by atomic mass is 9.79. The maximum Gasteiger partial charge on any atom is 0.334 e. The van der Waals surface area contributed by atoms with Crippen molar-refractivity contribution in [3.63, 3.8) is 0 Å². The Morgan fingerprint density at radius 3 is 2.22 bits per heavy atom. The third kappa shape index (κ3) is 7.56. The predicted octanol–water partition coefficient (Wildman–Crippen LogP) is 4.44. The molecular weight excluding hydrogens is 653 g/mol. The molecule has 2 fully saturated rings. The number of piperazine rings is 1. The summed E-state index contributed by atoms with van der Waals surface area (Å²) in [6.45, 7) is 1.47. The molecule has 0 aromatic heterocycles. The van der Waals surface area contributed by atoms with Gasteiger partial charge < -0.3 is 35.4 Å². The molecule has 3 atom stereocenters. The first-order chi connectivity index (χ1) is 22.0. The zero-order valence-electron chi connectivity index (χ0n) is 25.1. The van der Waals surface area contributed by atoms with Crippen LogP contribution in [-0.2, 0) is 25.6 Å². The first-order valence-corrected chi connectivity index (χ1v) is 17.4. The Labute approximate surface area is 280 Å². The van der Waals surface area contributed by atoms with E-state index in [0.717, 1.165) is 25.7 Å². The summed E-state index contributed by atoms with van der Waals surface area (Å²) in [6.07, 6.45) is 4.16. The molecule has 3 unspecified atom stereocenters. The van der Waals surface area contributed by atoms with Crippen LogP contribution in [0.15, 0.2) is 76.0 Å². The molecule has 3 aliphatic rings. The first-order valence-electron chi connectivity index (χ1n) is 15.3. The highest BCUT2D eigenvalue weighted by molar-refractivity contribution is 7.91. The first kappa shape index (κ1) is 34.3. The van der Waals surface area contributed by atoms with Crippen molar-refractivity contribution in [2.45, 2.75) is 67.4 Å². The lowest BCUT2D eigenvalue weighted by molar-refractivity contribution is -0.134. The van der Waals surface area contributed by atoms with E-state index >= 15 is 0 Å². The van der Waals surface area contributed by atoms with Crippen molar-refractivity contribution in [3.8, 4) is 0 Å². The quantitative estimate of drug-likeness (QED) is 0.215. The van der Waals surface area contributed by atoms with E-state index in [9.17, 15) is 34.3 Å². The van der Waals surface area contributed by atoms with Crippen molar-refractivity contribution < 1.29 is 34.3 Å². The summed E-state index contributed by atoms with van der Waals surface area (Å²) in [7, 11) is 0. The highest BCUT2D eigenvalue weighted by Gasteiger charge is 2.43. The van der Waals surface area contributed by atoms with E-state index in [4.69, 9.17) is 23.2 Å². The van der Waals surface area contributed by atoms with Gasteiger partial charge in [-0.25, -0.2) is 9.59 Å². The molecule has 2 aliphatic heterocycles. The molecule has 1 saturated carbocycles. The summed E-state index contributed by atoms with van der Waals surface area (Å²) < 4.78 is 13.5. The van der Waals surface area contributed by atoms with Crippen LogP contribution in [0, 0.1) is 0 Å². The van der Waals surface area contributed by atoms with Gasteiger partial charge in [0.25, 0.3) is 0 Å². The number of aliphatic hydroxyl groups is 1. The van der Waals surface area contributed by atoms with Crippen LogP contribution in [0.5, 0.6) is 0 Å². The van der Waals surface area contributed by atoms with E-state index in [1.807, 2.05) is 0 Å². The Bertz CT molecular complexity index is 1520. The molecule has 2 aromatic carbocycles. The van der Waals surface area contributed by atoms with Crippen LogP contribution >= 0.6 is 23.2 Å². The number of nitrogens with one attached hydrogen (secondary N) is 2. The number of carbonyl (C=O) groups is 3. The van der Waals surface area contributed by atoms with E-state index in [-0.39, 0.29) is 62.3 Å². The molecule has 0 spiro atoms. The Kier molecular flexibility index (Phi) is 11.0. The van der Waals surface area contributed by atoms with Crippen LogP contribution in [0.1, 0.15) is 56.4 Å². The number of halogens is 2. The third-order valence-corrected chi connectivity index (χ3v) is 11.0. The summed E-state index contributed by atoms with van der Waals surface area (Å²) in [5.74, 6) is -4.98. The average Bonchev–Trinajstić information content (AvgIpc) is 3.46. The van der Waals surface area contributed by atoms with E-state index < -0.39 is 34.6 Å². The van der Waals surface area contributed by atoms with E-state index in [0.29, 0.717) is 37.4 Å². The van der Waals surface area contributed by atoms with Crippen LogP contribution in [0.25, 0.3) is 0 Å². The number of benzene rings is 2. The zero-order valence-corrected chi connectivity index (χ0v) is 27.5. The Hall–Kier alpha value is -3.06. The Balaban J connectivity index is 1.53. The number of hydrogen-bond acceptors (Lipinski definition) is 7. The smallest absolute Gasteiger partial charge is 0.334 e. The number of hydrogen-bond donors (Lipinski definition) is 5. The van der Waals surface area contributed by atoms with Gasteiger partial charge in [-0.15, -0.1) is 0 Å². The standard InChI is InChI=1S/C33H37Cl2N3O7S/c34-22-9-6-10-23(35)27(22)30-28(31(40)41)24(37-25(29(30)32(42)43)19-46(45)21-7-2-1-3-8-21)17-26(39)38-16-15-36-18-20(38)11-14-33(44)12-4-5-13-33/h1-3,6-10,20,30,36-37,44H,4-5,11-19H2,(H,40,41)(H,42,43). The van der Waals surface area contributed by atoms with Gasteiger partial charge in [-0.2, -0.15) is 0 Å². The highest BCUT2D eigenvalue weighted by atomic mass is 35.5.